The number of hydrogen-bond acceptors (Lipinski definition) is 1. The normalized spacial score (nSPS) is 10.6. The molecule has 2 rings (SSSR count). The van der Waals surface area contributed by atoms with Crippen molar-refractivity contribution in [2.24, 2.45) is 0 Å². The van der Waals surface area contributed by atoms with Gasteiger partial charge in [-0.1, -0.05) is 17.7 Å². The average molecular weight is 229 g/mol. The van der Waals surface area contributed by atoms with E-state index in [4.69, 9.17) is 0 Å². The Hall–Kier alpha value is -2.03. The molecule has 0 saturated heterocycles. The zero-order chi connectivity index (χ0) is 12.4. The quantitative estimate of drug-likeness (QED) is 0.817. The lowest BCUT2D eigenvalue weighted by Crippen LogP contribution is -2.03. The molecule has 1 N–H and O–H groups in total. The average Bonchev–Trinajstić information content (AvgIpc) is 2.69. The molecule has 0 bridgehead atoms. The van der Waals surface area contributed by atoms with Gasteiger partial charge in [0.15, 0.2) is 0 Å². The summed E-state index contributed by atoms with van der Waals surface area (Å²) in [5, 5.41) is 10.1. The monoisotopic (exact) mass is 229 g/mol. The van der Waals surface area contributed by atoms with Crippen LogP contribution in [0.4, 0.5) is 0 Å². The Labute approximate surface area is 100.0 Å². The number of fused-ring (bicyclic) bond motifs is 1. The molecule has 3 heteroatoms. The Kier molecular flexibility index (Phi) is 3.00. The van der Waals surface area contributed by atoms with Crippen molar-refractivity contribution in [3.8, 4) is 0 Å². The molecule has 1 aromatic carbocycles. The van der Waals surface area contributed by atoms with Crippen LogP contribution in [0.5, 0.6) is 0 Å². The van der Waals surface area contributed by atoms with Gasteiger partial charge in [0.1, 0.15) is 0 Å². The fraction of sp³-hybridized carbons (Fsp3) is 0.214. The van der Waals surface area contributed by atoms with Gasteiger partial charge in [0.2, 0.25) is 0 Å². The number of carbonyl (C=O) groups is 1. The maximum absolute atomic E-state index is 11.2. The van der Waals surface area contributed by atoms with Crippen molar-refractivity contribution in [2.75, 3.05) is 0 Å². The first-order chi connectivity index (χ1) is 8.09. The minimum Gasteiger partial charge on any atom is -0.478 e. The van der Waals surface area contributed by atoms with E-state index in [1.807, 2.05) is 29.8 Å². The second-order valence-corrected chi connectivity index (χ2v) is 4.26. The van der Waals surface area contributed by atoms with Crippen LogP contribution in [0.15, 0.2) is 42.6 Å². The number of nitrogens with zero attached hydrogens (tertiary/aromatic N) is 1. The van der Waals surface area contributed by atoms with Gasteiger partial charge >= 0.3 is 5.97 Å². The van der Waals surface area contributed by atoms with Gasteiger partial charge in [-0.25, -0.2) is 4.79 Å². The number of aromatic nitrogens is 1. The van der Waals surface area contributed by atoms with Crippen molar-refractivity contribution in [3.05, 3.63) is 48.2 Å². The molecule has 0 atom stereocenters. The summed E-state index contributed by atoms with van der Waals surface area (Å²) in [6.45, 7) is 6.61. The van der Waals surface area contributed by atoms with E-state index in [2.05, 4.69) is 6.58 Å². The van der Waals surface area contributed by atoms with Crippen LogP contribution < -0.4 is 0 Å². The van der Waals surface area contributed by atoms with E-state index in [0.29, 0.717) is 5.56 Å². The lowest BCUT2D eigenvalue weighted by Gasteiger charge is -2.07. The minimum absolute atomic E-state index is 0.356. The molecule has 0 aliphatic carbocycles. The van der Waals surface area contributed by atoms with Gasteiger partial charge in [0, 0.05) is 18.1 Å². The van der Waals surface area contributed by atoms with Gasteiger partial charge < -0.3 is 9.67 Å². The third-order valence-corrected chi connectivity index (χ3v) is 2.80. The molecule has 0 aliphatic heterocycles. The van der Waals surface area contributed by atoms with Gasteiger partial charge in [0.05, 0.1) is 11.1 Å². The number of allylic oxidation sites excluding steroid dienone is 1. The summed E-state index contributed by atoms with van der Waals surface area (Å²) in [6.07, 6.45) is 2.79. The molecule has 0 unspecified atom stereocenters. The highest BCUT2D eigenvalue weighted by Crippen LogP contribution is 2.21. The SMILES string of the molecule is C=C(C)CCn1ccc2cccc(C(=O)O)c21. The zero-order valence-corrected chi connectivity index (χ0v) is 9.81. The number of aryl methyl sites for hydroxylation is 1. The Morgan fingerprint density at radius 1 is 1.41 bits per heavy atom. The van der Waals surface area contributed by atoms with E-state index in [1.165, 1.54) is 0 Å². The zero-order valence-electron chi connectivity index (χ0n) is 9.81. The molecule has 0 amide bonds. The van der Waals surface area contributed by atoms with E-state index in [-0.39, 0.29) is 0 Å². The predicted molar refractivity (Wildman–Crippen MR) is 68.3 cm³/mol. The first kappa shape index (κ1) is 11.5. The number of carboxylic acids is 1. The fourth-order valence-electron chi connectivity index (χ4n) is 1.93. The number of aromatic carboxylic acids is 1. The van der Waals surface area contributed by atoms with Crippen LogP contribution in [-0.4, -0.2) is 15.6 Å². The van der Waals surface area contributed by atoms with E-state index in [0.717, 1.165) is 29.4 Å². The van der Waals surface area contributed by atoms with Crippen LogP contribution in [0, 0.1) is 0 Å². The Morgan fingerprint density at radius 2 is 2.18 bits per heavy atom. The lowest BCUT2D eigenvalue weighted by atomic mass is 10.1. The Morgan fingerprint density at radius 3 is 2.82 bits per heavy atom. The topological polar surface area (TPSA) is 42.2 Å². The van der Waals surface area contributed by atoms with Crippen LogP contribution in [0.1, 0.15) is 23.7 Å². The molecule has 0 radical (unpaired) electrons. The molecule has 0 saturated carbocycles. The maximum atomic E-state index is 11.2. The maximum Gasteiger partial charge on any atom is 0.337 e. The summed E-state index contributed by atoms with van der Waals surface area (Å²) >= 11 is 0. The molecule has 0 aliphatic rings. The molecule has 17 heavy (non-hydrogen) atoms. The number of hydrogen-bond donors (Lipinski definition) is 1. The summed E-state index contributed by atoms with van der Waals surface area (Å²) in [5.74, 6) is -0.883. The molecular weight excluding hydrogens is 214 g/mol. The highest BCUT2D eigenvalue weighted by molar-refractivity contribution is 6.02. The summed E-state index contributed by atoms with van der Waals surface area (Å²) in [4.78, 5) is 11.2. The highest BCUT2D eigenvalue weighted by Gasteiger charge is 2.11. The number of benzene rings is 1. The van der Waals surface area contributed by atoms with Crippen LogP contribution in [0.2, 0.25) is 0 Å². The van der Waals surface area contributed by atoms with Crippen LogP contribution in [0.3, 0.4) is 0 Å². The molecule has 2 aromatic rings. The summed E-state index contributed by atoms with van der Waals surface area (Å²) in [5.41, 5.74) is 2.25. The third kappa shape index (κ3) is 2.23. The second-order valence-electron chi connectivity index (χ2n) is 4.26. The standard InChI is InChI=1S/C14H15NO2/c1-10(2)6-8-15-9-7-11-4-3-5-12(13(11)15)14(16)17/h3-5,7,9H,1,6,8H2,2H3,(H,16,17). The number of rotatable bonds is 4. The van der Waals surface area contributed by atoms with Crippen molar-refractivity contribution in [1.29, 1.82) is 0 Å². The summed E-state index contributed by atoms with van der Waals surface area (Å²) in [7, 11) is 0. The minimum atomic E-state index is -0.883. The van der Waals surface area contributed by atoms with Crippen molar-refractivity contribution in [2.45, 2.75) is 19.9 Å². The van der Waals surface area contributed by atoms with Crippen LogP contribution in [-0.2, 0) is 6.54 Å². The van der Waals surface area contributed by atoms with Gasteiger partial charge in [-0.2, -0.15) is 0 Å². The van der Waals surface area contributed by atoms with Crippen molar-refractivity contribution < 1.29 is 9.90 Å². The molecule has 1 heterocycles. The summed E-state index contributed by atoms with van der Waals surface area (Å²) in [6, 6.07) is 7.29. The molecule has 88 valence electrons. The second kappa shape index (κ2) is 4.45. The van der Waals surface area contributed by atoms with Gasteiger partial charge in [0.25, 0.3) is 0 Å². The first-order valence-electron chi connectivity index (χ1n) is 5.55. The van der Waals surface area contributed by atoms with Crippen molar-refractivity contribution >= 4 is 16.9 Å². The molecular formula is C14H15NO2. The lowest BCUT2D eigenvalue weighted by molar-refractivity contribution is 0.0698. The van der Waals surface area contributed by atoms with E-state index >= 15 is 0 Å². The Balaban J connectivity index is 2.49. The largest absolute Gasteiger partial charge is 0.478 e. The fourth-order valence-corrected chi connectivity index (χ4v) is 1.93. The molecule has 0 spiro atoms. The van der Waals surface area contributed by atoms with Gasteiger partial charge in [-0.3, -0.25) is 0 Å². The van der Waals surface area contributed by atoms with Crippen LogP contribution in [0.25, 0.3) is 10.9 Å². The van der Waals surface area contributed by atoms with E-state index < -0.39 is 5.97 Å². The number of carboxylic acid groups (broad SMARTS) is 1. The van der Waals surface area contributed by atoms with Crippen molar-refractivity contribution in [1.82, 2.24) is 4.57 Å². The number of para-hydroxylation sites is 1. The van der Waals surface area contributed by atoms with E-state index in [1.54, 1.807) is 12.1 Å². The summed E-state index contributed by atoms with van der Waals surface area (Å²) < 4.78 is 1.98. The van der Waals surface area contributed by atoms with E-state index in [9.17, 15) is 9.90 Å². The van der Waals surface area contributed by atoms with Gasteiger partial charge in [-0.15, -0.1) is 6.58 Å². The van der Waals surface area contributed by atoms with Crippen molar-refractivity contribution in [3.63, 3.8) is 0 Å². The molecule has 0 fully saturated rings. The highest BCUT2D eigenvalue weighted by atomic mass is 16.4. The third-order valence-electron chi connectivity index (χ3n) is 2.80. The van der Waals surface area contributed by atoms with Crippen LogP contribution >= 0.6 is 0 Å². The first-order valence-corrected chi connectivity index (χ1v) is 5.55. The molecule has 1 aromatic heterocycles. The molecule has 3 nitrogen and oxygen atoms in total. The Bertz CT molecular complexity index is 581. The van der Waals surface area contributed by atoms with Gasteiger partial charge in [-0.05, 0) is 25.5 Å². The smallest absolute Gasteiger partial charge is 0.337 e. The predicted octanol–water partition coefficient (Wildman–Crippen LogP) is 3.31.